The number of nitrogens with one attached hydrogen (secondary N) is 1. The fourth-order valence-electron chi connectivity index (χ4n) is 1.29. The van der Waals surface area contributed by atoms with Crippen LogP contribution in [0.1, 0.15) is 0 Å². The number of halogens is 1. The highest BCUT2D eigenvalue weighted by atomic mass is 35.5. The Morgan fingerprint density at radius 3 is 2.36 bits per heavy atom. The lowest BCUT2D eigenvalue weighted by molar-refractivity contribution is 1.24. The Hall–Kier alpha value is -1.54. The van der Waals surface area contributed by atoms with Gasteiger partial charge in [0.2, 0.25) is 0 Å². The highest BCUT2D eigenvalue weighted by molar-refractivity contribution is 6.29. The van der Waals surface area contributed by atoms with E-state index in [1.807, 2.05) is 30.3 Å². The van der Waals surface area contributed by atoms with Crippen molar-refractivity contribution in [2.24, 2.45) is 0 Å². The molecule has 2 rings (SSSR count). The molecule has 1 N–H and O–H groups in total. The van der Waals surface area contributed by atoms with E-state index in [0.29, 0.717) is 10.7 Å². The second-order valence-electron chi connectivity index (χ2n) is 2.92. The summed E-state index contributed by atoms with van der Waals surface area (Å²) in [6.45, 7) is 0. The molecular formula is C11H8ClNO. The Bertz CT molecular complexity index is 490. The molecule has 0 saturated carbocycles. The zero-order chi connectivity index (χ0) is 9.97. The van der Waals surface area contributed by atoms with E-state index in [2.05, 4.69) is 4.98 Å². The SMILES string of the molecule is O=c1[nH]c(Cl)ccc1-c1ccccc1. The van der Waals surface area contributed by atoms with Crippen molar-refractivity contribution in [3.8, 4) is 11.1 Å². The van der Waals surface area contributed by atoms with E-state index in [0.717, 1.165) is 5.56 Å². The van der Waals surface area contributed by atoms with Crippen LogP contribution in [0.3, 0.4) is 0 Å². The van der Waals surface area contributed by atoms with Crippen LogP contribution in [0.15, 0.2) is 47.3 Å². The Morgan fingerprint density at radius 1 is 1.00 bits per heavy atom. The summed E-state index contributed by atoms with van der Waals surface area (Å²) >= 11 is 5.65. The van der Waals surface area contributed by atoms with Crippen LogP contribution in [0, 0.1) is 0 Å². The number of aromatic nitrogens is 1. The third-order valence-corrected chi connectivity index (χ3v) is 2.18. The number of pyridine rings is 1. The normalized spacial score (nSPS) is 10.1. The van der Waals surface area contributed by atoms with E-state index < -0.39 is 0 Å². The van der Waals surface area contributed by atoms with E-state index >= 15 is 0 Å². The molecule has 0 saturated heterocycles. The van der Waals surface area contributed by atoms with Crippen LogP contribution in [-0.4, -0.2) is 4.98 Å². The molecule has 70 valence electrons. The quantitative estimate of drug-likeness (QED) is 0.714. The topological polar surface area (TPSA) is 32.9 Å². The summed E-state index contributed by atoms with van der Waals surface area (Å²) in [5, 5.41) is 0.356. The average Bonchev–Trinajstić information content (AvgIpc) is 2.19. The van der Waals surface area contributed by atoms with Crippen LogP contribution in [0.5, 0.6) is 0 Å². The second-order valence-corrected chi connectivity index (χ2v) is 3.32. The van der Waals surface area contributed by atoms with Crippen molar-refractivity contribution in [2.45, 2.75) is 0 Å². The number of hydrogen-bond acceptors (Lipinski definition) is 1. The summed E-state index contributed by atoms with van der Waals surface area (Å²) in [5.74, 6) is 0. The monoisotopic (exact) mass is 205 g/mol. The molecule has 0 radical (unpaired) electrons. The molecule has 0 aliphatic heterocycles. The molecule has 2 aromatic rings. The predicted octanol–water partition coefficient (Wildman–Crippen LogP) is 2.70. The van der Waals surface area contributed by atoms with Gasteiger partial charge < -0.3 is 4.98 Å². The van der Waals surface area contributed by atoms with Crippen LogP contribution < -0.4 is 5.56 Å². The summed E-state index contributed by atoms with van der Waals surface area (Å²) in [4.78, 5) is 14.0. The summed E-state index contributed by atoms with van der Waals surface area (Å²) in [7, 11) is 0. The highest BCUT2D eigenvalue weighted by Gasteiger charge is 2.01. The molecule has 3 heteroatoms. The number of H-pyrrole nitrogens is 1. The van der Waals surface area contributed by atoms with Crippen LogP contribution in [0.4, 0.5) is 0 Å². The Balaban J connectivity index is 2.59. The first kappa shape index (κ1) is 9.03. The molecule has 1 heterocycles. The first-order chi connectivity index (χ1) is 6.77. The minimum absolute atomic E-state index is 0.163. The number of benzene rings is 1. The van der Waals surface area contributed by atoms with Crippen molar-refractivity contribution >= 4 is 11.6 Å². The minimum Gasteiger partial charge on any atom is -0.312 e. The summed E-state index contributed by atoms with van der Waals surface area (Å²) in [6.07, 6.45) is 0. The number of hydrogen-bond donors (Lipinski definition) is 1. The molecule has 0 aliphatic rings. The summed E-state index contributed by atoms with van der Waals surface area (Å²) in [5.41, 5.74) is 1.36. The fourth-order valence-corrected chi connectivity index (χ4v) is 1.44. The van der Waals surface area contributed by atoms with Crippen molar-refractivity contribution in [1.82, 2.24) is 4.98 Å². The maximum atomic E-state index is 11.5. The van der Waals surface area contributed by atoms with Crippen molar-refractivity contribution in [1.29, 1.82) is 0 Å². The van der Waals surface area contributed by atoms with Gasteiger partial charge in [-0.05, 0) is 17.7 Å². The third-order valence-electron chi connectivity index (χ3n) is 1.96. The standard InChI is InChI=1S/C11H8ClNO/c12-10-7-6-9(11(14)13-10)8-4-2-1-3-5-8/h1-7H,(H,13,14). The molecule has 0 fully saturated rings. The largest absolute Gasteiger partial charge is 0.312 e. The molecule has 0 amide bonds. The molecule has 14 heavy (non-hydrogen) atoms. The van der Waals surface area contributed by atoms with Gasteiger partial charge in [0.1, 0.15) is 5.15 Å². The first-order valence-corrected chi connectivity index (χ1v) is 4.59. The van der Waals surface area contributed by atoms with Gasteiger partial charge in [0, 0.05) is 5.56 Å². The molecule has 0 aliphatic carbocycles. The van der Waals surface area contributed by atoms with Gasteiger partial charge in [-0.3, -0.25) is 4.79 Å². The lowest BCUT2D eigenvalue weighted by Crippen LogP contribution is -2.07. The van der Waals surface area contributed by atoms with E-state index in [1.54, 1.807) is 12.1 Å². The van der Waals surface area contributed by atoms with Crippen molar-refractivity contribution in [3.05, 3.63) is 58.0 Å². The number of aromatic amines is 1. The van der Waals surface area contributed by atoms with Gasteiger partial charge in [-0.15, -0.1) is 0 Å². The van der Waals surface area contributed by atoms with Gasteiger partial charge in [-0.2, -0.15) is 0 Å². The van der Waals surface area contributed by atoms with Crippen LogP contribution in [0.2, 0.25) is 5.15 Å². The van der Waals surface area contributed by atoms with Gasteiger partial charge in [0.25, 0.3) is 5.56 Å². The van der Waals surface area contributed by atoms with Crippen molar-refractivity contribution < 1.29 is 0 Å². The molecular weight excluding hydrogens is 198 g/mol. The third kappa shape index (κ3) is 1.70. The zero-order valence-electron chi connectivity index (χ0n) is 7.33. The second kappa shape index (κ2) is 3.68. The zero-order valence-corrected chi connectivity index (χ0v) is 8.08. The van der Waals surface area contributed by atoms with E-state index in [9.17, 15) is 4.79 Å². The predicted molar refractivity (Wildman–Crippen MR) is 57.5 cm³/mol. The molecule has 0 spiro atoms. The maximum absolute atomic E-state index is 11.5. The molecule has 1 aromatic heterocycles. The Morgan fingerprint density at radius 2 is 1.71 bits per heavy atom. The van der Waals surface area contributed by atoms with E-state index in [-0.39, 0.29) is 5.56 Å². The van der Waals surface area contributed by atoms with E-state index in [1.165, 1.54) is 0 Å². The van der Waals surface area contributed by atoms with Gasteiger partial charge >= 0.3 is 0 Å². The first-order valence-electron chi connectivity index (χ1n) is 4.21. The lowest BCUT2D eigenvalue weighted by atomic mass is 10.1. The summed E-state index contributed by atoms with van der Waals surface area (Å²) < 4.78 is 0. The van der Waals surface area contributed by atoms with E-state index in [4.69, 9.17) is 11.6 Å². The number of rotatable bonds is 1. The Kier molecular flexibility index (Phi) is 2.37. The van der Waals surface area contributed by atoms with Crippen LogP contribution >= 0.6 is 11.6 Å². The highest BCUT2D eigenvalue weighted by Crippen LogP contribution is 2.14. The maximum Gasteiger partial charge on any atom is 0.256 e. The molecule has 0 atom stereocenters. The van der Waals surface area contributed by atoms with Gasteiger partial charge in [-0.1, -0.05) is 41.9 Å². The summed E-state index contributed by atoms with van der Waals surface area (Å²) in [6, 6.07) is 12.9. The fraction of sp³-hybridized carbons (Fsp3) is 0. The van der Waals surface area contributed by atoms with Gasteiger partial charge in [0.05, 0.1) is 0 Å². The average molecular weight is 206 g/mol. The smallest absolute Gasteiger partial charge is 0.256 e. The lowest BCUT2D eigenvalue weighted by Gasteiger charge is -1.99. The van der Waals surface area contributed by atoms with Crippen LogP contribution in [0.25, 0.3) is 11.1 Å². The van der Waals surface area contributed by atoms with Gasteiger partial charge in [0.15, 0.2) is 0 Å². The molecule has 2 nitrogen and oxygen atoms in total. The van der Waals surface area contributed by atoms with Crippen molar-refractivity contribution in [2.75, 3.05) is 0 Å². The van der Waals surface area contributed by atoms with Crippen molar-refractivity contribution in [3.63, 3.8) is 0 Å². The Labute approximate surface area is 86.2 Å². The minimum atomic E-state index is -0.163. The molecule has 0 bridgehead atoms. The molecule has 1 aromatic carbocycles. The molecule has 0 unspecified atom stereocenters. The van der Waals surface area contributed by atoms with Crippen LogP contribution in [-0.2, 0) is 0 Å². The van der Waals surface area contributed by atoms with Gasteiger partial charge in [-0.25, -0.2) is 0 Å².